The zero-order chi connectivity index (χ0) is 10.4. The number of alkyl halides is 1. The maximum absolute atomic E-state index is 11.4. The number of carbonyl (C=O) groups excluding carboxylic acids is 1. The molecule has 3 unspecified atom stereocenters. The van der Waals surface area contributed by atoms with Gasteiger partial charge >= 0.3 is 0 Å². The lowest BCUT2D eigenvalue weighted by Crippen LogP contribution is -2.37. The molecule has 0 radical (unpaired) electrons. The number of amides is 1. The molecule has 1 N–H and O–H groups in total. The van der Waals surface area contributed by atoms with E-state index in [1.54, 1.807) is 0 Å². The summed E-state index contributed by atoms with van der Waals surface area (Å²) in [6.45, 7) is 8.12. The second-order valence-corrected chi connectivity index (χ2v) is 5.30. The third-order valence-electron chi connectivity index (χ3n) is 2.13. The zero-order valence-electron chi connectivity index (χ0n) is 8.93. The monoisotopic (exact) mass is 249 g/mol. The Hall–Kier alpha value is -0.0500. The number of hydrogen-bond acceptors (Lipinski definition) is 1. The average Bonchev–Trinajstić information content (AvgIpc) is 2.01. The van der Waals surface area contributed by atoms with Gasteiger partial charge in [0.15, 0.2) is 0 Å². The highest BCUT2D eigenvalue weighted by molar-refractivity contribution is 9.09. The van der Waals surface area contributed by atoms with Gasteiger partial charge in [0.05, 0.1) is 0 Å². The van der Waals surface area contributed by atoms with Gasteiger partial charge in [-0.05, 0) is 19.8 Å². The van der Waals surface area contributed by atoms with E-state index in [1.165, 1.54) is 0 Å². The Labute approximate surface area is 89.6 Å². The van der Waals surface area contributed by atoms with Gasteiger partial charge in [-0.3, -0.25) is 4.79 Å². The number of carbonyl (C=O) groups is 1. The first-order chi connectivity index (χ1) is 5.97. The highest BCUT2D eigenvalue weighted by Crippen LogP contribution is 2.08. The topological polar surface area (TPSA) is 29.1 Å². The first-order valence-corrected chi connectivity index (χ1v) is 5.83. The molecular formula is C10H20BrNO. The highest BCUT2D eigenvalue weighted by Gasteiger charge is 2.13. The lowest BCUT2D eigenvalue weighted by molar-refractivity contribution is -0.125. The number of halogens is 1. The predicted molar refractivity (Wildman–Crippen MR) is 60.1 cm³/mol. The second kappa shape index (κ2) is 6.41. The van der Waals surface area contributed by atoms with Crippen LogP contribution in [0.25, 0.3) is 0 Å². The van der Waals surface area contributed by atoms with Gasteiger partial charge in [-0.1, -0.05) is 36.7 Å². The standard InChI is InChI=1S/C10H20BrNO/c1-5-7(2)10(13)12-9(4)6-8(3)11/h7-9H,5-6H2,1-4H3,(H,12,13). The van der Waals surface area contributed by atoms with E-state index in [0.29, 0.717) is 4.83 Å². The molecule has 0 aromatic heterocycles. The fourth-order valence-corrected chi connectivity index (χ4v) is 1.68. The van der Waals surface area contributed by atoms with E-state index in [9.17, 15) is 4.79 Å². The van der Waals surface area contributed by atoms with E-state index in [-0.39, 0.29) is 17.9 Å². The predicted octanol–water partition coefficient (Wildman–Crippen LogP) is 2.71. The molecule has 0 heterocycles. The van der Waals surface area contributed by atoms with Crippen LogP contribution in [0.4, 0.5) is 0 Å². The molecule has 0 bridgehead atoms. The fraction of sp³-hybridized carbons (Fsp3) is 0.900. The lowest BCUT2D eigenvalue weighted by atomic mass is 10.1. The maximum atomic E-state index is 11.4. The van der Waals surface area contributed by atoms with Crippen LogP contribution in [0.1, 0.15) is 40.5 Å². The van der Waals surface area contributed by atoms with Crippen LogP contribution in [0, 0.1) is 5.92 Å². The van der Waals surface area contributed by atoms with Crippen molar-refractivity contribution in [2.24, 2.45) is 5.92 Å². The summed E-state index contributed by atoms with van der Waals surface area (Å²) in [5.41, 5.74) is 0. The largest absolute Gasteiger partial charge is 0.353 e. The maximum Gasteiger partial charge on any atom is 0.223 e. The van der Waals surface area contributed by atoms with Gasteiger partial charge in [0, 0.05) is 16.8 Å². The molecule has 2 nitrogen and oxygen atoms in total. The van der Waals surface area contributed by atoms with Gasteiger partial charge in [0.25, 0.3) is 0 Å². The molecule has 78 valence electrons. The summed E-state index contributed by atoms with van der Waals surface area (Å²) in [6, 6.07) is 0.260. The minimum absolute atomic E-state index is 0.132. The molecule has 0 saturated heterocycles. The van der Waals surface area contributed by atoms with E-state index >= 15 is 0 Å². The van der Waals surface area contributed by atoms with Gasteiger partial charge in [-0.25, -0.2) is 0 Å². The molecule has 0 spiro atoms. The lowest BCUT2D eigenvalue weighted by Gasteiger charge is -2.17. The van der Waals surface area contributed by atoms with Gasteiger partial charge in [-0.15, -0.1) is 0 Å². The average molecular weight is 250 g/mol. The van der Waals surface area contributed by atoms with Gasteiger partial charge in [-0.2, -0.15) is 0 Å². The number of hydrogen-bond donors (Lipinski definition) is 1. The van der Waals surface area contributed by atoms with Crippen LogP contribution >= 0.6 is 15.9 Å². The van der Waals surface area contributed by atoms with Crippen molar-refractivity contribution in [3.05, 3.63) is 0 Å². The second-order valence-electron chi connectivity index (χ2n) is 3.74. The Morgan fingerprint density at radius 1 is 1.38 bits per heavy atom. The van der Waals surface area contributed by atoms with Crippen molar-refractivity contribution in [2.75, 3.05) is 0 Å². The molecule has 3 heteroatoms. The molecule has 3 atom stereocenters. The third-order valence-corrected chi connectivity index (χ3v) is 2.50. The van der Waals surface area contributed by atoms with Crippen LogP contribution in [-0.4, -0.2) is 16.8 Å². The van der Waals surface area contributed by atoms with Gasteiger partial charge < -0.3 is 5.32 Å². The molecule has 0 saturated carbocycles. The van der Waals surface area contributed by atoms with E-state index < -0.39 is 0 Å². The molecular weight excluding hydrogens is 230 g/mol. The molecule has 0 aromatic rings. The fourth-order valence-electron chi connectivity index (χ4n) is 1.12. The molecule has 0 rings (SSSR count). The van der Waals surface area contributed by atoms with Crippen LogP contribution in [0.15, 0.2) is 0 Å². The normalized spacial score (nSPS) is 17.6. The Morgan fingerprint density at radius 2 is 1.92 bits per heavy atom. The smallest absolute Gasteiger partial charge is 0.223 e. The summed E-state index contributed by atoms with van der Waals surface area (Å²) in [5, 5.41) is 2.99. The van der Waals surface area contributed by atoms with Crippen molar-refractivity contribution in [3.8, 4) is 0 Å². The summed E-state index contributed by atoms with van der Waals surface area (Å²) in [4.78, 5) is 11.9. The molecule has 0 aromatic carbocycles. The van der Waals surface area contributed by atoms with Crippen molar-refractivity contribution in [2.45, 2.75) is 51.4 Å². The SMILES string of the molecule is CCC(C)C(=O)NC(C)CC(C)Br. The molecule has 0 aliphatic rings. The Kier molecular flexibility index (Phi) is 6.39. The first kappa shape index (κ1) is 12.9. The zero-order valence-corrected chi connectivity index (χ0v) is 10.5. The number of nitrogens with one attached hydrogen (secondary N) is 1. The van der Waals surface area contributed by atoms with Crippen molar-refractivity contribution in [3.63, 3.8) is 0 Å². The molecule has 0 aliphatic heterocycles. The van der Waals surface area contributed by atoms with Crippen LogP contribution in [0.3, 0.4) is 0 Å². The van der Waals surface area contributed by atoms with E-state index in [0.717, 1.165) is 12.8 Å². The Bertz CT molecular complexity index is 159. The van der Waals surface area contributed by atoms with E-state index in [2.05, 4.69) is 28.2 Å². The minimum atomic E-state index is 0.132. The van der Waals surface area contributed by atoms with Crippen LogP contribution in [0.2, 0.25) is 0 Å². The summed E-state index contributed by atoms with van der Waals surface area (Å²) in [7, 11) is 0. The molecule has 0 aliphatic carbocycles. The van der Waals surface area contributed by atoms with Crippen molar-refractivity contribution >= 4 is 21.8 Å². The molecule has 13 heavy (non-hydrogen) atoms. The van der Waals surface area contributed by atoms with Crippen molar-refractivity contribution in [1.29, 1.82) is 0 Å². The van der Waals surface area contributed by atoms with Crippen LogP contribution in [0.5, 0.6) is 0 Å². The summed E-state index contributed by atoms with van der Waals surface area (Å²) >= 11 is 3.47. The van der Waals surface area contributed by atoms with Gasteiger partial charge in [0.2, 0.25) is 5.91 Å². The van der Waals surface area contributed by atoms with E-state index in [1.807, 2.05) is 20.8 Å². The number of rotatable bonds is 5. The Morgan fingerprint density at radius 3 is 2.31 bits per heavy atom. The van der Waals surface area contributed by atoms with Crippen LogP contribution in [-0.2, 0) is 4.79 Å². The first-order valence-electron chi connectivity index (χ1n) is 4.91. The van der Waals surface area contributed by atoms with Crippen molar-refractivity contribution < 1.29 is 4.79 Å². The Balaban J connectivity index is 3.77. The summed E-state index contributed by atoms with van der Waals surface area (Å²) in [5.74, 6) is 0.302. The van der Waals surface area contributed by atoms with E-state index in [4.69, 9.17) is 0 Å². The summed E-state index contributed by atoms with van der Waals surface area (Å²) < 4.78 is 0. The molecule has 1 amide bonds. The van der Waals surface area contributed by atoms with Crippen LogP contribution < -0.4 is 5.32 Å². The molecule has 0 fully saturated rings. The third kappa shape index (κ3) is 6.08. The summed E-state index contributed by atoms with van der Waals surface area (Å²) in [6.07, 6.45) is 1.88. The highest BCUT2D eigenvalue weighted by atomic mass is 79.9. The van der Waals surface area contributed by atoms with Crippen molar-refractivity contribution in [1.82, 2.24) is 5.32 Å². The quantitative estimate of drug-likeness (QED) is 0.747. The minimum Gasteiger partial charge on any atom is -0.353 e. The van der Waals surface area contributed by atoms with Gasteiger partial charge in [0.1, 0.15) is 0 Å².